The van der Waals surface area contributed by atoms with E-state index in [4.69, 9.17) is 4.74 Å². The number of hydrazine groups is 1. The van der Waals surface area contributed by atoms with Crippen molar-refractivity contribution in [3.63, 3.8) is 0 Å². The Bertz CT molecular complexity index is 1020. The van der Waals surface area contributed by atoms with Crippen molar-refractivity contribution in [1.29, 1.82) is 0 Å². The summed E-state index contributed by atoms with van der Waals surface area (Å²) in [6, 6.07) is 7.87. The lowest BCUT2D eigenvalue weighted by atomic mass is 10.1. The van der Waals surface area contributed by atoms with Crippen molar-refractivity contribution in [1.82, 2.24) is 15.8 Å². The predicted octanol–water partition coefficient (Wildman–Crippen LogP) is 2.05. The van der Waals surface area contributed by atoms with Gasteiger partial charge in [0.05, 0.1) is 24.8 Å². The molecule has 2 N–H and O–H groups in total. The van der Waals surface area contributed by atoms with Crippen molar-refractivity contribution in [3.8, 4) is 0 Å². The summed E-state index contributed by atoms with van der Waals surface area (Å²) >= 11 is 1.29. The molecule has 1 atom stereocenters. The van der Waals surface area contributed by atoms with Crippen LogP contribution < -0.4 is 20.7 Å². The quantitative estimate of drug-likeness (QED) is 0.625. The van der Waals surface area contributed by atoms with Gasteiger partial charge in [0.1, 0.15) is 4.88 Å². The third kappa shape index (κ3) is 5.33. The Morgan fingerprint density at radius 1 is 1.18 bits per heavy atom. The number of amides is 3. The molecule has 0 radical (unpaired) electrons. The Labute approximate surface area is 197 Å². The lowest BCUT2D eigenvalue weighted by Crippen LogP contribution is -2.45. The molecule has 1 unspecified atom stereocenters. The number of hydrogen-bond acceptors (Lipinski definition) is 7. The molecule has 0 aliphatic carbocycles. The number of ether oxygens (including phenoxy) is 1. The first-order valence-electron chi connectivity index (χ1n) is 11.3. The summed E-state index contributed by atoms with van der Waals surface area (Å²) in [6.07, 6.45) is 2.16. The van der Waals surface area contributed by atoms with Crippen LogP contribution in [0.25, 0.3) is 0 Å². The van der Waals surface area contributed by atoms with Gasteiger partial charge in [0.25, 0.3) is 5.91 Å². The third-order valence-electron chi connectivity index (χ3n) is 5.85. The summed E-state index contributed by atoms with van der Waals surface area (Å²) < 4.78 is 5.36. The number of aryl methyl sites for hydroxylation is 2. The maximum Gasteiger partial charge on any atom is 0.281 e. The van der Waals surface area contributed by atoms with Crippen LogP contribution in [0.2, 0.25) is 0 Å². The molecule has 2 aromatic rings. The maximum absolute atomic E-state index is 12.6. The van der Waals surface area contributed by atoms with Gasteiger partial charge in [0, 0.05) is 31.7 Å². The molecule has 4 rings (SSSR count). The minimum Gasteiger partial charge on any atom is -0.378 e. The second-order valence-electron chi connectivity index (χ2n) is 8.28. The van der Waals surface area contributed by atoms with E-state index in [9.17, 15) is 14.4 Å². The van der Waals surface area contributed by atoms with E-state index < -0.39 is 11.8 Å². The Morgan fingerprint density at radius 3 is 2.61 bits per heavy atom. The minimum atomic E-state index is -0.528. The molecule has 2 saturated heterocycles. The van der Waals surface area contributed by atoms with Crippen LogP contribution in [-0.2, 0) is 20.7 Å². The zero-order valence-electron chi connectivity index (χ0n) is 18.9. The average Bonchev–Trinajstić information content (AvgIpc) is 3.41. The summed E-state index contributed by atoms with van der Waals surface area (Å²) in [5.41, 5.74) is 7.59. The fraction of sp³-hybridized carbons (Fsp3) is 0.478. The molecule has 2 fully saturated rings. The number of benzene rings is 1. The fourth-order valence-electron chi connectivity index (χ4n) is 4.02. The van der Waals surface area contributed by atoms with Crippen LogP contribution >= 0.6 is 11.3 Å². The molecule has 3 amide bonds. The molecule has 2 aliphatic rings. The summed E-state index contributed by atoms with van der Waals surface area (Å²) in [6.45, 7) is 6.92. The number of carbonyl (C=O) groups is 3. The predicted molar refractivity (Wildman–Crippen MR) is 126 cm³/mol. The van der Waals surface area contributed by atoms with Crippen molar-refractivity contribution >= 4 is 39.9 Å². The number of nitrogens with one attached hydrogen (secondary N) is 2. The Morgan fingerprint density at radius 2 is 1.91 bits per heavy atom. The molecule has 1 aromatic heterocycles. The van der Waals surface area contributed by atoms with Gasteiger partial charge in [0.2, 0.25) is 11.8 Å². The van der Waals surface area contributed by atoms with E-state index in [0.29, 0.717) is 23.8 Å². The first kappa shape index (κ1) is 23.2. The molecule has 10 heteroatoms. The topological polar surface area (TPSA) is 104 Å². The molecule has 33 heavy (non-hydrogen) atoms. The second kappa shape index (κ2) is 10.3. The van der Waals surface area contributed by atoms with Crippen molar-refractivity contribution in [2.75, 3.05) is 42.6 Å². The van der Waals surface area contributed by atoms with Gasteiger partial charge in [-0.3, -0.25) is 25.2 Å². The van der Waals surface area contributed by atoms with Crippen LogP contribution in [-0.4, -0.2) is 55.6 Å². The van der Waals surface area contributed by atoms with E-state index >= 15 is 0 Å². The number of anilines is 2. The van der Waals surface area contributed by atoms with E-state index in [1.165, 1.54) is 16.9 Å². The summed E-state index contributed by atoms with van der Waals surface area (Å²) in [4.78, 5) is 46.4. The van der Waals surface area contributed by atoms with E-state index in [2.05, 4.69) is 27.7 Å². The van der Waals surface area contributed by atoms with Crippen LogP contribution in [0.5, 0.6) is 0 Å². The largest absolute Gasteiger partial charge is 0.378 e. The molecule has 2 aliphatic heterocycles. The second-order valence-corrected chi connectivity index (χ2v) is 9.25. The van der Waals surface area contributed by atoms with Crippen molar-refractivity contribution in [3.05, 3.63) is 40.4 Å². The zero-order chi connectivity index (χ0) is 23.4. The minimum absolute atomic E-state index is 0.0989. The van der Waals surface area contributed by atoms with Crippen LogP contribution in [0.1, 0.15) is 40.7 Å². The van der Waals surface area contributed by atoms with Crippen molar-refractivity contribution < 1.29 is 19.1 Å². The van der Waals surface area contributed by atoms with Crippen molar-refractivity contribution in [2.24, 2.45) is 5.92 Å². The number of aromatic nitrogens is 1. The maximum atomic E-state index is 12.6. The van der Waals surface area contributed by atoms with E-state index in [-0.39, 0.29) is 24.8 Å². The van der Waals surface area contributed by atoms with Crippen LogP contribution in [0, 0.1) is 12.8 Å². The lowest BCUT2D eigenvalue weighted by Gasteiger charge is -2.25. The highest BCUT2D eigenvalue weighted by atomic mass is 32.1. The normalized spacial score (nSPS) is 18.5. The molecule has 1 aromatic carbocycles. The van der Waals surface area contributed by atoms with E-state index in [1.54, 1.807) is 11.8 Å². The standard InChI is InChI=1S/C23H29N5O4S/c1-3-4-16-5-7-18(8-6-16)28-14-17(13-19(28)29)21(30)25-26-22(31)20-15(2)24-23(33-20)27-9-11-32-12-10-27/h5-8,17H,3-4,9-14H2,1-2H3,(H,25,30)(H,26,31). The lowest BCUT2D eigenvalue weighted by molar-refractivity contribution is -0.126. The summed E-state index contributed by atoms with van der Waals surface area (Å²) in [5.74, 6) is -1.42. The first-order valence-corrected chi connectivity index (χ1v) is 12.1. The van der Waals surface area contributed by atoms with Crippen LogP contribution in [0.15, 0.2) is 24.3 Å². The number of hydrogen-bond donors (Lipinski definition) is 2. The van der Waals surface area contributed by atoms with Gasteiger partial charge >= 0.3 is 0 Å². The van der Waals surface area contributed by atoms with Crippen LogP contribution in [0.4, 0.5) is 10.8 Å². The number of nitrogens with zero attached hydrogens (tertiary/aromatic N) is 3. The Kier molecular flexibility index (Phi) is 7.24. The van der Waals surface area contributed by atoms with Gasteiger partial charge in [-0.2, -0.15) is 0 Å². The van der Waals surface area contributed by atoms with E-state index in [0.717, 1.165) is 36.8 Å². The molecule has 176 valence electrons. The number of morpholine rings is 1. The fourth-order valence-corrected chi connectivity index (χ4v) is 5.04. The molecule has 3 heterocycles. The first-order chi connectivity index (χ1) is 16.0. The number of carbonyl (C=O) groups excluding carboxylic acids is 3. The van der Waals surface area contributed by atoms with Gasteiger partial charge in [-0.25, -0.2) is 4.98 Å². The van der Waals surface area contributed by atoms with Crippen molar-refractivity contribution in [2.45, 2.75) is 33.1 Å². The Balaban J connectivity index is 1.32. The van der Waals surface area contributed by atoms with Gasteiger partial charge in [0.15, 0.2) is 5.13 Å². The van der Waals surface area contributed by atoms with E-state index in [1.807, 2.05) is 24.3 Å². The average molecular weight is 472 g/mol. The summed E-state index contributed by atoms with van der Waals surface area (Å²) in [7, 11) is 0. The molecular formula is C23H29N5O4S. The number of thiazole rings is 1. The molecular weight excluding hydrogens is 442 g/mol. The smallest absolute Gasteiger partial charge is 0.281 e. The summed E-state index contributed by atoms with van der Waals surface area (Å²) in [5, 5.41) is 0.772. The Hall–Kier alpha value is -2.98. The van der Waals surface area contributed by atoms with Gasteiger partial charge < -0.3 is 14.5 Å². The SMILES string of the molecule is CCCc1ccc(N2CC(C(=O)NNC(=O)c3sc(N4CCOCC4)nc3C)CC2=O)cc1. The molecule has 0 bridgehead atoms. The molecule has 9 nitrogen and oxygen atoms in total. The zero-order valence-corrected chi connectivity index (χ0v) is 19.7. The highest BCUT2D eigenvalue weighted by Gasteiger charge is 2.35. The number of rotatable bonds is 6. The monoisotopic (exact) mass is 471 g/mol. The van der Waals surface area contributed by atoms with Gasteiger partial charge in [-0.05, 0) is 31.0 Å². The third-order valence-corrected chi connectivity index (χ3v) is 7.07. The molecule has 0 spiro atoms. The molecule has 0 saturated carbocycles. The highest BCUT2D eigenvalue weighted by molar-refractivity contribution is 7.17. The highest BCUT2D eigenvalue weighted by Crippen LogP contribution is 2.27. The van der Waals surface area contributed by atoms with Crippen LogP contribution in [0.3, 0.4) is 0 Å². The van der Waals surface area contributed by atoms with Gasteiger partial charge in [-0.1, -0.05) is 36.8 Å². The van der Waals surface area contributed by atoms with Gasteiger partial charge in [-0.15, -0.1) is 0 Å².